The number of halogens is 1. The molecule has 4 aromatic rings. The molecule has 0 bridgehead atoms. The van der Waals surface area contributed by atoms with Crippen molar-refractivity contribution >= 4 is 65.7 Å². The third-order valence-electron chi connectivity index (χ3n) is 4.97. The number of para-hydroxylation sites is 1. The molecular formula is C20H17ClN4O2S2. The van der Waals surface area contributed by atoms with Crippen molar-refractivity contribution in [1.29, 1.82) is 0 Å². The minimum absolute atomic E-state index is 0.00333. The van der Waals surface area contributed by atoms with Crippen LogP contribution in [-0.2, 0) is 0 Å². The maximum Gasteiger partial charge on any atom is 0.282 e. The fraction of sp³-hybridized carbons (Fsp3) is 0.250. The average Bonchev–Trinajstić information content (AvgIpc) is 3.37. The van der Waals surface area contributed by atoms with Gasteiger partial charge in [0.2, 0.25) is 0 Å². The predicted molar refractivity (Wildman–Crippen MR) is 119 cm³/mol. The van der Waals surface area contributed by atoms with Crippen molar-refractivity contribution in [3.05, 3.63) is 46.4 Å². The van der Waals surface area contributed by atoms with Gasteiger partial charge in [0.25, 0.3) is 5.91 Å². The maximum absolute atomic E-state index is 12.9. The number of ether oxygens (including phenoxy) is 1. The van der Waals surface area contributed by atoms with Crippen LogP contribution in [0.25, 0.3) is 20.4 Å². The number of aromatic nitrogens is 2. The molecular weight excluding hydrogens is 428 g/mol. The minimum Gasteiger partial charge on any atom is -0.493 e. The second kappa shape index (κ2) is 7.44. The fourth-order valence-electron chi connectivity index (χ4n) is 3.46. The zero-order valence-corrected chi connectivity index (χ0v) is 18.0. The number of hydrogen-bond donors (Lipinski definition) is 0. The van der Waals surface area contributed by atoms with Crippen LogP contribution in [0, 0.1) is 0 Å². The van der Waals surface area contributed by atoms with E-state index in [-0.39, 0.29) is 5.91 Å². The molecule has 1 fully saturated rings. The number of methoxy groups -OCH3 is 1. The smallest absolute Gasteiger partial charge is 0.282 e. The van der Waals surface area contributed by atoms with Gasteiger partial charge in [-0.25, -0.2) is 9.97 Å². The van der Waals surface area contributed by atoms with E-state index in [0.29, 0.717) is 28.9 Å². The van der Waals surface area contributed by atoms with Crippen molar-refractivity contribution < 1.29 is 9.53 Å². The van der Waals surface area contributed by atoms with Gasteiger partial charge in [-0.3, -0.25) is 4.79 Å². The number of benzene rings is 2. The topological polar surface area (TPSA) is 58.6 Å². The number of hydrogen-bond acceptors (Lipinski definition) is 7. The highest BCUT2D eigenvalue weighted by Crippen LogP contribution is 2.38. The van der Waals surface area contributed by atoms with E-state index < -0.39 is 0 Å². The Morgan fingerprint density at radius 1 is 1.03 bits per heavy atom. The van der Waals surface area contributed by atoms with E-state index in [1.165, 1.54) is 11.3 Å². The Hall–Kier alpha value is -2.42. The van der Waals surface area contributed by atoms with Gasteiger partial charge < -0.3 is 14.5 Å². The molecule has 1 aliphatic heterocycles. The molecule has 0 unspecified atom stereocenters. The van der Waals surface area contributed by atoms with Crippen LogP contribution in [0.4, 0.5) is 5.13 Å². The predicted octanol–water partition coefficient (Wildman–Crippen LogP) is 4.53. The zero-order valence-electron chi connectivity index (χ0n) is 15.6. The standard InChI is InChI=1S/C20H17ClN4O2S2/c1-27-17-12(21)6-7-15-16(17)23-20(29-15)25-10-8-24(9-11-25)19(26)18-22-13-4-2-3-5-14(13)28-18/h2-7H,8-11H2,1H3. The number of amides is 1. The summed E-state index contributed by atoms with van der Waals surface area (Å²) in [7, 11) is 1.60. The lowest BCUT2D eigenvalue weighted by molar-refractivity contribution is 0.0746. The summed E-state index contributed by atoms with van der Waals surface area (Å²) in [6.45, 7) is 2.74. The lowest BCUT2D eigenvalue weighted by Crippen LogP contribution is -2.48. The van der Waals surface area contributed by atoms with Gasteiger partial charge in [0.15, 0.2) is 15.9 Å². The van der Waals surface area contributed by atoms with Crippen LogP contribution >= 0.6 is 34.3 Å². The molecule has 0 spiro atoms. The summed E-state index contributed by atoms with van der Waals surface area (Å²) in [5.74, 6) is 0.611. The highest BCUT2D eigenvalue weighted by atomic mass is 35.5. The summed E-state index contributed by atoms with van der Waals surface area (Å²) in [6, 6.07) is 11.6. The number of fused-ring (bicyclic) bond motifs is 2. The van der Waals surface area contributed by atoms with Gasteiger partial charge in [0.05, 0.1) is 27.0 Å². The molecule has 0 radical (unpaired) electrons. The summed E-state index contributed by atoms with van der Waals surface area (Å²) in [5, 5.41) is 2.04. The Morgan fingerprint density at radius 3 is 2.59 bits per heavy atom. The van der Waals surface area contributed by atoms with Crippen molar-refractivity contribution in [3.63, 3.8) is 0 Å². The highest BCUT2D eigenvalue weighted by Gasteiger charge is 2.26. The molecule has 2 aromatic carbocycles. The molecule has 0 N–H and O–H groups in total. The Bertz CT molecular complexity index is 1180. The van der Waals surface area contributed by atoms with Crippen LogP contribution < -0.4 is 9.64 Å². The molecule has 0 saturated carbocycles. The zero-order chi connectivity index (χ0) is 20.0. The van der Waals surface area contributed by atoms with E-state index in [0.717, 1.165) is 38.7 Å². The van der Waals surface area contributed by atoms with Crippen LogP contribution in [0.2, 0.25) is 5.02 Å². The summed E-state index contributed by atoms with van der Waals surface area (Å²) in [6.07, 6.45) is 0. The molecule has 1 amide bonds. The van der Waals surface area contributed by atoms with Gasteiger partial charge in [-0.1, -0.05) is 35.1 Å². The van der Waals surface area contributed by atoms with Crippen LogP contribution in [-0.4, -0.2) is 54.1 Å². The van der Waals surface area contributed by atoms with Crippen molar-refractivity contribution in [2.75, 3.05) is 38.2 Å². The molecule has 0 atom stereocenters. The normalized spacial score (nSPS) is 14.7. The molecule has 9 heteroatoms. The van der Waals surface area contributed by atoms with E-state index in [1.54, 1.807) is 18.4 Å². The number of anilines is 1. The van der Waals surface area contributed by atoms with E-state index in [1.807, 2.05) is 41.3 Å². The third kappa shape index (κ3) is 3.31. The Balaban J connectivity index is 1.32. The maximum atomic E-state index is 12.9. The largest absolute Gasteiger partial charge is 0.493 e. The van der Waals surface area contributed by atoms with Crippen LogP contribution in [0.3, 0.4) is 0 Å². The quantitative estimate of drug-likeness (QED) is 0.464. The number of carbonyl (C=O) groups is 1. The number of carbonyl (C=O) groups excluding carboxylic acids is 1. The van der Waals surface area contributed by atoms with Crippen molar-refractivity contribution in [3.8, 4) is 5.75 Å². The SMILES string of the molecule is COc1c(Cl)ccc2sc(N3CCN(C(=O)c4nc5ccccc5s4)CC3)nc12. The van der Waals surface area contributed by atoms with E-state index in [2.05, 4.69) is 9.88 Å². The molecule has 0 aliphatic carbocycles. The van der Waals surface area contributed by atoms with Crippen molar-refractivity contribution in [1.82, 2.24) is 14.9 Å². The van der Waals surface area contributed by atoms with E-state index in [4.69, 9.17) is 21.3 Å². The van der Waals surface area contributed by atoms with Crippen molar-refractivity contribution in [2.24, 2.45) is 0 Å². The number of piperazine rings is 1. The monoisotopic (exact) mass is 444 g/mol. The Labute approximate surface area is 180 Å². The highest BCUT2D eigenvalue weighted by molar-refractivity contribution is 7.22. The Kier molecular flexibility index (Phi) is 4.77. The molecule has 1 aliphatic rings. The van der Waals surface area contributed by atoms with Gasteiger partial charge in [-0.05, 0) is 24.3 Å². The van der Waals surface area contributed by atoms with E-state index >= 15 is 0 Å². The molecule has 2 aromatic heterocycles. The summed E-state index contributed by atoms with van der Waals surface area (Å²) >= 11 is 9.28. The molecule has 3 heterocycles. The summed E-state index contributed by atoms with van der Waals surface area (Å²) in [4.78, 5) is 26.2. The first-order chi connectivity index (χ1) is 14.1. The van der Waals surface area contributed by atoms with E-state index in [9.17, 15) is 4.79 Å². The molecule has 29 heavy (non-hydrogen) atoms. The van der Waals surface area contributed by atoms with Crippen LogP contribution in [0.5, 0.6) is 5.75 Å². The first-order valence-electron chi connectivity index (χ1n) is 9.17. The van der Waals surface area contributed by atoms with Gasteiger partial charge in [-0.15, -0.1) is 11.3 Å². The summed E-state index contributed by atoms with van der Waals surface area (Å²) < 4.78 is 7.49. The summed E-state index contributed by atoms with van der Waals surface area (Å²) in [5.41, 5.74) is 1.66. The number of rotatable bonds is 3. The third-order valence-corrected chi connectivity index (χ3v) is 7.38. The first kappa shape index (κ1) is 18.6. The van der Waals surface area contributed by atoms with Gasteiger partial charge in [0.1, 0.15) is 5.52 Å². The molecule has 148 valence electrons. The molecule has 5 rings (SSSR count). The van der Waals surface area contributed by atoms with Crippen molar-refractivity contribution in [2.45, 2.75) is 0 Å². The molecule has 6 nitrogen and oxygen atoms in total. The van der Waals surface area contributed by atoms with Crippen LogP contribution in [0.15, 0.2) is 36.4 Å². The lowest BCUT2D eigenvalue weighted by atomic mass is 10.3. The second-order valence-electron chi connectivity index (χ2n) is 6.69. The number of thiazole rings is 2. The van der Waals surface area contributed by atoms with Gasteiger partial charge in [-0.2, -0.15) is 0 Å². The molecule has 1 saturated heterocycles. The first-order valence-corrected chi connectivity index (χ1v) is 11.2. The van der Waals surface area contributed by atoms with Gasteiger partial charge >= 0.3 is 0 Å². The van der Waals surface area contributed by atoms with Crippen LogP contribution in [0.1, 0.15) is 9.80 Å². The second-order valence-corrected chi connectivity index (χ2v) is 9.14. The Morgan fingerprint density at radius 2 is 1.83 bits per heavy atom. The van der Waals surface area contributed by atoms with Gasteiger partial charge in [0, 0.05) is 26.2 Å². The average molecular weight is 445 g/mol. The number of nitrogens with zero attached hydrogens (tertiary/aromatic N) is 4. The lowest BCUT2D eigenvalue weighted by Gasteiger charge is -2.34. The fourth-order valence-corrected chi connectivity index (χ4v) is 5.64. The minimum atomic E-state index is 0.00333.